The molecule has 0 amide bonds. The molecule has 0 radical (unpaired) electrons. The van der Waals surface area contributed by atoms with E-state index in [0.717, 1.165) is 0 Å². The molecule has 21 heavy (non-hydrogen) atoms. The summed E-state index contributed by atoms with van der Waals surface area (Å²) in [5.41, 5.74) is 0. The Balaban J connectivity index is 2.14. The molecule has 2 heterocycles. The van der Waals surface area contributed by atoms with Gasteiger partial charge in [0.2, 0.25) is 10.0 Å². The second-order valence-electron chi connectivity index (χ2n) is 4.57. The third-order valence-corrected chi connectivity index (χ3v) is 4.39. The maximum absolute atomic E-state index is 12.2. The summed E-state index contributed by atoms with van der Waals surface area (Å²) in [6.07, 6.45) is 4.28. The zero-order valence-electron chi connectivity index (χ0n) is 12.1. The Morgan fingerprint density at radius 1 is 1.48 bits per heavy atom. The summed E-state index contributed by atoms with van der Waals surface area (Å²) in [6, 6.07) is -0.519. The summed E-state index contributed by atoms with van der Waals surface area (Å²) in [5.74, 6) is 0.527. The molecule has 2 rings (SSSR count). The second-order valence-corrected chi connectivity index (χ2v) is 6.28. The van der Waals surface area contributed by atoms with Crippen molar-refractivity contribution in [1.82, 2.24) is 29.3 Å². The van der Waals surface area contributed by atoms with Crippen LogP contribution in [0, 0.1) is 0 Å². The Bertz CT molecular complexity index is 692. The van der Waals surface area contributed by atoms with Gasteiger partial charge < -0.3 is 9.30 Å². The fraction of sp³-hybridized carbons (Fsp3) is 0.545. The largest absolute Gasteiger partial charge is 0.383 e. The molecule has 0 saturated carbocycles. The molecule has 0 aliphatic carbocycles. The van der Waals surface area contributed by atoms with Gasteiger partial charge in [-0.3, -0.25) is 4.68 Å². The zero-order chi connectivity index (χ0) is 15.5. The van der Waals surface area contributed by atoms with Gasteiger partial charge in [0.05, 0.1) is 18.8 Å². The van der Waals surface area contributed by atoms with Crippen molar-refractivity contribution in [2.75, 3.05) is 13.7 Å². The Hall–Kier alpha value is -1.78. The van der Waals surface area contributed by atoms with Crippen molar-refractivity contribution in [2.45, 2.75) is 24.4 Å². The van der Waals surface area contributed by atoms with Crippen LogP contribution in [-0.2, 0) is 28.4 Å². The van der Waals surface area contributed by atoms with E-state index >= 15 is 0 Å². The predicted octanol–water partition coefficient (Wildman–Crippen LogP) is -0.302. The summed E-state index contributed by atoms with van der Waals surface area (Å²) in [6.45, 7) is 2.76. The number of sulfonamides is 1. The van der Waals surface area contributed by atoms with Gasteiger partial charge in [0.15, 0.2) is 5.82 Å². The SMILES string of the molecule is COCCn1cnnc1C(C)NS(=O)(=O)c1cnn(C)c1. The number of ether oxygens (including phenoxy) is 1. The van der Waals surface area contributed by atoms with Gasteiger partial charge >= 0.3 is 0 Å². The van der Waals surface area contributed by atoms with Crippen LogP contribution in [0.3, 0.4) is 0 Å². The fourth-order valence-corrected chi connectivity index (χ4v) is 3.04. The van der Waals surface area contributed by atoms with Crippen LogP contribution in [-0.4, -0.2) is 46.7 Å². The van der Waals surface area contributed by atoms with E-state index < -0.39 is 16.1 Å². The number of hydrogen-bond donors (Lipinski definition) is 1. The van der Waals surface area contributed by atoms with Gasteiger partial charge in [0, 0.05) is 26.9 Å². The molecule has 0 aliphatic rings. The molecular weight excluding hydrogens is 296 g/mol. The first-order valence-corrected chi connectivity index (χ1v) is 7.80. The van der Waals surface area contributed by atoms with Crippen molar-refractivity contribution in [3.63, 3.8) is 0 Å². The lowest BCUT2D eigenvalue weighted by Crippen LogP contribution is -2.29. The maximum atomic E-state index is 12.2. The van der Waals surface area contributed by atoms with Crippen molar-refractivity contribution in [2.24, 2.45) is 7.05 Å². The van der Waals surface area contributed by atoms with Crippen LogP contribution in [0.25, 0.3) is 0 Å². The number of aryl methyl sites for hydroxylation is 1. The summed E-state index contributed by atoms with van der Waals surface area (Å²) in [5, 5.41) is 11.6. The molecule has 0 bridgehead atoms. The monoisotopic (exact) mass is 314 g/mol. The first kappa shape index (κ1) is 15.6. The van der Waals surface area contributed by atoms with Crippen molar-refractivity contribution in [1.29, 1.82) is 0 Å². The van der Waals surface area contributed by atoms with Crippen LogP contribution in [0.15, 0.2) is 23.6 Å². The number of hydrogen-bond acceptors (Lipinski definition) is 6. The Kier molecular flexibility index (Phi) is 4.70. The molecule has 116 valence electrons. The fourth-order valence-electron chi connectivity index (χ4n) is 1.85. The zero-order valence-corrected chi connectivity index (χ0v) is 12.9. The quantitative estimate of drug-likeness (QED) is 0.752. The first-order valence-electron chi connectivity index (χ1n) is 6.31. The van der Waals surface area contributed by atoms with Gasteiger partial charge in [0.1, 0.15) is 11.2 Å². The molecule has 0 aromatic carbocycles. The molecule has 0 saturated heterocycles. The number of methoxy groups -OCH3 is 1. The van der Waals surface area contributed by atoms with Gasteiger partial charge in [-0.1, -0.05) is 0 Å². The minimum absolute atomic E-state index is 0.111. The lowest BCUT2D eigenvalue weighted by molar-refractivity contribution is 0.185. The third-order valence-electron chi connectivity index (χ3n) is 2.89. The van der Waals surface area contributed by atoms with E-state index in [9.17, 15) is 8.42 Å². The minimum Gasteiger partial charge on any atom is -0.383 e. The summed E-state index contributed by atoms with van der Waals surface area (Å²) in [4.78, 5) is 0.111. The van der Waals surface area contributed by atoms with Crippen LogP contribution in [0.1, 0.15) is 18.8 Å². The van der Waals surface area contributed by atoms with E-state index in [1.807, 2.05) is 0 Å². The minimum atomic E-state index is -3.65. The van der Waals surface area contributed by atoms with Crippen molar-refractivity contribution in [3.8, 4) is 0 Å². The van der Waals surface area contributed by atoms with E-state index in [1.165, 1.54) is 17.1 Å². The molecule has 0 aliphatic heterocycles. The normalized spacial score (nSPS) is 13.5. The Labute approximate surface area is 123 Å². The lowest BCUT2D eigenvalue weighted by atomic mass is 10.3. The molecule has 9 nitrogen and oxygen atoms in total. The van der Waals surface area contributed by atoms with Gasteiger partial charge in [-0.15, -0.1) is 10.2 Å². The molecular formula is C11H18N6O3S. The molecule has 0 fully saturated rings. The molecule has 1 N–H and O–H groups in total. The van der Waals surface area contributed by atoms with E-state index in [4.69, 9.17) is 4.74 Å². The number of nitrogens with one attached hydrogen (secondary N) is 1. The molecule has 10 heteroatoms. The average molecular weight is 314 g/mol. The van der Waals surface area contributed by atoms with Crippen molar-refractivity contribution in [3.05, 3.63) is 24.5 Å². The van der Waals surface area contributed by atoms with Gasteiger partial charge in [-0.05, 0) is 6.92 Å². The third kappa shape index (κ3) is 3.65. The number of aromatic nitrogens is 5. The lowest BCUT2D eigenvalue weighted by Gasteiger charge is -2.14. The standard InChI is InChI=1S/C11H18N6O3S/c1-9(11-14-12-8-17(11)4-5-20-3)15-21(18,19)10-6-13-16(2)7-10/h6-9,15H,4-5H2,1-3H3. The van der Waals surface area contributed by atoms with Gasteiger partial charge in [0.25, 0.3) is 0 Å². The Morgan fingerprint density at radius 3 is 2.86 bits per heavy atom. The van der Waals surface area contributed by atoms with E-state index in [0.29, 0.717) is 19.0 Å². The van der Waals surface area contributed by atoms with E-state index in [1.54, 1.807) is 32.0 Å². The molecule has 1 unspecified atom stereocenters. The summed E-state index contributed by atoms with van der Waals surface area (Å²) < 4.78 is 35.2. The molecule has 0 spiro atoms. The van der Waals surface area contributed by atoms with Crippen LogP contribution in [0.5, 0.6) is 0 Å². The van der Waals surface area contributed by atoms with E-state index in [-0.39, 0.29) is 4.90 Å². The van der Waals surface area contributed by atoms with Crippen LogP contribution >= 0.6 is 0 Å². The van der Waals surface area contributed by atoms with Crippen LogP contribution in [0.4, 0.5) is 0 Å². The summed E-state index contributed by atoms with van der Waals surface area (Å²) in [7, 11) is -0.395. The highest BCUT2D eigenvalue weighted by Crippen LogP contribution is 2.14. The van der Waals surface area contributed by atoms with Gasteiger partial charge in [-0.2, -0.15) is 5.10 Å². The van der Waals surface area contributed by atoms with E-state index in [2.05, 4.69) is 20.0 Å². The highest BCUT2D eigenvalue weighted by atomic mass is 32.2. The average Bonchev–Trinajstić information content (AvgIpc) is 3.04. The van der Waals surface area contributed by atoms with Gasteiger partial charge in [-0.25, -0.2) is 13.1 Å². The number of rotatable bonds is 7. The number of nitrogens with zero attached hydrogens (tertiary/aromatic N) is 5. The summed E-state index contributed by atoms with van der Waals surface area (Å²) >= 11 is 0. The van der Waals surface area contributed by atoms with Crippen molar-refractivity contribution >= 4 is 10.0 Å². The highest BCUT2D eigenvalue weighted by molar-refractivity contribution is 7.89. The maximum Gasteiger partial charge on any atom is 0.244 e. The topological polar surface area (TPSA) is 104 Å². The Morgan fingerprint density at radius 2 is 2.24 bits per heavy atom. The predicted molar refractivity (Wildman–Crippen MR) is 73.8 cm³/mol. The van der Waals surface area contributed by atoms with Crippen molar-refractivity contribution < 1.29 is 13.2 Å². The first-order chi connectivity index (χ1) is 9.94. The molecule has 2 aromatic heterocycles. The molecule has 2 aromatic rings. The smallest absolute Gasteiger partial charge is 0.244 e. The van der Waals surface area contributed by atoms with Crippen LogP contribution in [0.2, 0.25) is 0 Å². The molecule has 1 atom stereocenters. The second kappa shape index (κ2) is 6.33. The highest BCUT2D eigenvalue weighted by Gasteiger charge is 2.22. The van der Waals surface area contributed by atoms with Crippen LogP contribution < -0.4 is 4.72 Å².